The second-order valence-corrected chi connectivity index (χ2v) is 7.36. The summed E-state index contributed by atoms with van der Waals surface area (Å²) in [5.41, 5.74) is 3.36. The number of anilines is 3. The molecule has 0 unspecified atom stereocenters. The standard InChI is InChI=1S/C22H21N5O/c1-22(2,3)17-8-10-18(11-9-17)26-21-24-13-16(14-25-21)20(28)27-19-7-5-4-6-15(19)12-23/h4-11,13-14H,1-3H3,(H,27,28)(H,24,25,26). The molecule has 2 N–H and O–H groups in total. The van der Waals surface area contributed by atoms with Crippen molar-refractivity contribution in [2.75, 3.05) is 10.6 Å². The van der Waals surface area contributed by atoms with E-state index in [1.807, 2.05) is 18.2 Å². The average Bonchev–Trinajstić information content (AvgIpc) is 2.68. The number of para-hydroxylation sites is 1. The van der Waals surface area contributed by atoms with E-state index in [9.17, 15) is 4.79 Å². The highest BCUT2D eigenvalue weighted by Gasteiger charge is 2.13. The highest BCUT2D eigenvalue weighted by atomic mass is 16.1. The summed E-state index contributed by atoms with van der Waals surface area (Å²) in [7, 11) is 0. The van der Waals surface area contributed by atoms with Crippen molar-refractivity contribution in [1.82, 2.24) is 9.97 Å². The third-order valence-corrected chi connectivity index (χ3v) is 4.22. The number of nitrogens with one attached hydrogen (secondary N) is 2. The van der Waals surface area contributed by atoms with Gasteiger partial charge >= 0.3 is 0 Å². The molecule has 0 saturated heterocycles. The molecule has 0 atom stereocenters. The molecule has 1 aromatic heterocycles. The number of rotatable bonds is 4. The minimum Gasteiger partial charge on any atom is -0.324 e. The summed E-state index contributed by atoms with van der Waals surface area (Å²) in [5, 5.41) is 14.9. The number of amides is 1. The van der Waals surface area contributed by atoms with Gasteiger partial charge in [-0.25, -0.2) is 9.97 Å². The normalized spacial score (nSPS) is 10.8. The van der Waals surface area contributed by atoms with E-state index < -0.39 is 0 Å². The van der Waals surface area contributed by atoms with E-state index in [4.69, 9.17) is 5.26 Å². The van der Waals surface area contributed by atoms with Crippen LogP contribution < -0.4 is 10.6 Å². The lowest BCUT2D eigenvalue weighted by atomic mass is 9.87. The Hall–Kier alpha value is -3.72. The van der Waals surface area contributed by atoms with E-state index in [1.165, 1.54) is 18.0 Å². The zero-order valence-electron chi connectivity index (χ0n) is 16.0. The predicted molar refractivity (Wildman–Crippen MR) is 110 cm³/mol. The molecule has 0 aliphatic carbocycles. The Morgan fingerprint density at radius 1 is 1.00 bits per heavy atom. The summed E-state index contributed by atoms with van der Waals surface area (Å²) in [6.07, 6.45) is 2.90. The van der Waals surface area contributed by atoms with Crippen molar-refractivity contribution in [1.29, 1.82) is 5.26 Å². The molecule has 2 aromatic carbocycles. The van der Waals surface area contributed by atoms with Crippen molar-refractivity contribution in [3.8, 4) is 6.07 Å². The highest BCUT2D eigenvalue weighted by Crippen LogP contribution is 2.24. The predicted octanol–water partition coefficient (Wildman–Crippen LogP) is 4.64. The first kappa shape index (κ1) is 19.1. The molecule has 0 aliphatic heterocycles. The number of hydrogen-bond acceptors (Lipinski definition) is 5. The van der Waals surface area contributed by atoms with Crippen LogP contribution >= 0.6 is 0 Å². The van der Waals surface area contributed by atoms with Crippen LogP contribution in [0.5, 0.6) is 0 Å². The summed E-state index contributed by atoms with van der Waals surface area (Å²) in [5.74, 6) is 0.0289. The topological polar surface area (TPSA) is 90.7 Å². The molecule has 3 rings (SSSR count). The maximum atomic E-state index is 12.4. The quantitative estimate of drug-likeness (QED) is 0.697. The van der Waals surface area contributed by atoms with Crippen molar-refractivity contribution in [3.05, 3.63) is 77.6 Å². The van der Waals surface area contributed by atoms with Crippen LogP contribution in [0.25, 0.3) is 0 Å². The van der Waals surface area contributed by atoms with Crippen LogP contribution in [-0.2, 0) is 5.41 Å². The Balaban J connectivity index is 1.68. The number of carbonyl (C=O) groups excluding carboxylic acids is 1. The molecule has 0 spiro atoms. The Morgan fingerprint density at radius 2 is 1.64 bits per heavy atom. The number of aromatic nitrogens is 2. The molecule has 6 nitrogen and oxygen atoms in total. The number of benzene rings is 2. The fourth-order valence-corrected chi connectivity index (χ4v) is 2.58. The number of carbonyl (C=O) groups is 1. The van der Waals surface area contributed by atoms with Gasteiger partial charge in [-0.1, -0.05) is 45.0 Å². The summed E-state index contributed by atoms with van der Waals surface area (Å²) in [6.45, 7) is 6.49. The van der Waals surface area contributed by atoms with Gasteiger partial charge in [0.05, 0.1) is 16.8 Å². The smallest absolute Gasteiger partial charge is 0.258 e. The zero-order chi connectivity index (χ0) is 20.1. The van der Waals surface area contributed by atoms with E-state index in [0.29, 0.717) is 22.8 Å². The molecule has 28 heavy (non-hydrogen) atoms. The molecule has 0 bridgehead atoms. The molecule has 1 amide bonds. The van der Waals surface area contributed by atoms with Gasteiger partial charge < -0.3 is 10.6 Å². The van der Waals surface area contributed by atoms with Gasteiger partial charge in [0.15, 0.2) is 0 Å². The molecular formula is C22H21N5O. The first-order valence-electron chi connectivity index (χ1n) is 8.87. The van der Waals surface area contributed by atoms with Crippen LogP contribution in [0.3, 0.4) is 0 Å². The van der Waals surface area contributed by atoms with Gasteiger partial charge in [0.2, 0.25) is 5.95 Å². The first-order chi connectivity index (χ1) is 13.4. The monoisotopic (exact) mass is 371 g/mol. The summed E-state index contributed by atoms with van der Waals surface area (Å²) in [4.78, 5) is 20.8. The van der Waals surface area contributed by atoms with Crippen LogP contribution in [0.2, 0.25) is 0 Å². The molecular weight excluding hydrogens is 350 g/mol. The lowest BCUT2D eigenvalue weighted by molar-refractivity contribution is 0.102. The maximum Gasteiger partial charge on any atom is 0.258 e. The molecule has 1 heterocycles. The molecule has 0 aliphatic rings. The van der Waals surface area contributed by atoms with Crippen molar-refractivity contribution in [2.24, 2.45) is 0 Å². The van der Waals surface area contributed by atoms with Gasteiger partial charge in [0.25, 0.3) is 5.91 Å². The number of nitrogens with zero attached hydrogens (tertiary/aromatic N) is 3. The van der Waals surface area contributed by atoms with E-state index in [0.717, 1.165) is 5.69 Å². The summed E-state index contributed by atoms with van der Waals surface area (Å²) < 4.78 is 0. The van der Waals surface area contributed by atoms with Crippen LogP contribution in [0, 0.1) is 11.3 Å². The molecule has 0 saturated carbocycles. The second-order valence-electron chi connectivity index (χ2n) is 7.36. The Kier molecular flexibility index (Phi) is 5.37. The van der Waals surface area contributed by atoms with Gasteiger partial charge in [-0.05, 0) is 35.2 Å². The average molecular weight is 371 g/mol. The van der Waals surface area contributed by atoms with Crippen LogP contribution in [0.1, 0.15) is 42.3 Å². The summed E-state index contributed by atoms with van der Waals surface area (Å²) >= 11 is 0. The van der Waals surface area contributed by atoms with Crippen molar-refractivity contribution >= 4 is 23.2 Å². The van der Waals surface area contributed by atoms with Gasteiger partial charge in [-0.3, -0.25) is 4.79 Å². The SMILES string of the molecule is CC(C)(C)c1ccc(Nc2ncc(C(=O)Nc3ccccc3C#N)cn2)cc1. The maximum absolute atomic E-state index is 12.4. The second kappa shape index (κ2) is 7.89. The molecule has 3 aromatic rings. The minimum atomic E-state index is -0.371. The lowest BCUT2D eigenvalue weighted by Crippen LogP contribution is -2.14. The zero-order valence-corrected chi connectivity index (χ0v) is 16.0. The van der Waals surface area contributed by atoms with Crippen molar-refractivity contribution < 1.29 is 4.79 Å². The van der Waals surface area contributed by atoms with E-state index in [1.54, 1.807) is 24.3 Å². The summed E-state index contributed by atoms with van der Waals surface area (Å²) in [6, 6.07) is 16.9. The Morgan fingerprint density at radius 3 is 2.25 bits per heavy atom. The van der Waals surface area contributed by atoms with E-state index >= 15 is 0 Å². The Bertz CT molecular complexity index is 1010. The molecule has 0 fully saturated rings. The van der Waals surface area contributed by atoms with Crippen LogP contribution in [0.15, 0.2) is 60.9 Å². The molecule has 140 valence electrons. The van der Waals surface area contributed by atoms with Gasteiger partial charge in [0.1, 0.15) is 6.07 Å². The molecule has 0 radical (unpaired) electrons. The number of nitriles is 1. The van der Waals surface area contributed by atoms with Crippen molar-refractivity contribution in [2.45, 2.75) is 26.2 Å². The largest absolute Gasteiger partial charge is 0.324 e. The first-order valence-corrected chi connectivity index (χ1v) is 8.87. The van der Waals surface area contributed by atoms with Gasteiger partial charge in [0, 0.05) is 18.1 Å². The fourth-order valence-electron chi connectivity index (χ4n) is 2.58. The third-order valence-electron chi connectivity index (χ3n) is 4.22. The van der Waals surface area contributed by atoms with Crippen molar-refractivity contribution in [3.63, 3.8) is 0 Å². The Labute approximate surface area is 164 Å². The highest BCUT2D eigenvalue weighted by molar-refractivity contribution is 6.04. The molecule has 6 heteroatoms. The van der Waals surface area contributed by atoms with Gasteiger partial charge in [-0.15, -0.1) is 0 Å². The van der Waals surface area contributed by atoms with E-state index in [2.05, 4.69) is 53.5 Å². The number of hydrogen-bond donors (Lipinski definition) is 2. The lowest BCUT2D eigenvalue weighted by Gasteiger charge is -2.19. The fraction of sp³-hybridized carbons (Fsp3) is 0.182. The van der Waals surface area contributed by atoms with Crippen LogP contribution in [0.4, 0.5) is 17.3 Å². The van der Waals surface area contributed by atoms with Crippen LogP contribution in [-0.4, -0.2) is 15.9 Å². The van der Waals surface area contributed by atoms with E-state index in [-0.39, 0.29) is 11.3 Å². The minimum absolute atomic E-state index is 0.0915. The third kappa shape index (κ3) is 4.51. The van der Waals surface area contributed by atoms with Gasteiger partial charge in [-0.2, -0.15) is 5.26 Å².